The second-order valence-electron chi connectivity index (χ2n) is 5.38. The second kappa shape index (κ2) is 6.16. The van der Waals surface area contributed by atoms with E-state index in [-0.39, 0.29) is 12.4 Å². The van der Waals surface area contributed by atoms with E-state index in [0.717, 1.165) is 16.9 Å². The van der Waals surface area contributed by atoms with E-state index in [4.69, 9.17) is 14.2 Å². The highest BCUT2D eigenvalue weighted by atomic mass is 16.5. The molecule has 2 aromatic carbocycles. The molecule has 0 amide bonds. The molecule has 0 fully saturated rings. The smallest absolute Gasteiger partial charge is 0.196 e. The first-order chi connectivity index (χ1) is 11.1. The van der Waals surface area contributed by atoms with E-state index in [1.54, 1.807) is 32.4 Å². The topological polar surface area (TPSA) is 44.8 Å². The van der Waals surface area contributed by atoms with Gasteiger partial charge in [-0.2, -0.15) is 0 Å². The largest absolute Gasteiger partial charge is 0.497 e. The quantitative estimate of drug-likeness (QED) is 0.811. The van der Waals surface area contributed by atoms with Crippen molar-refractivity contribution in [2.24, 2.45) is 0 Å². The van der Waals surface area contributed by atoms with Crippen LogP contribution in [0.4, 0.5) is 0 Å². The Kier molecular flexibility index (Phi) is 4.06. The summed E-state index contributed by atoms with van der Waals surface area (Å²) in [5.41, 5.74) is 3.12. The summed E-state index contributed by atoms with van der Waals surface area (Å²) in [6.45, 7) is 2.24. The lowest BCUT2D eigenvalue weighted by Gasteiger charge is -2.19. The maximum atomic E-state index is 12.7. The number of benzene rings is 2. The fraction of sp³-hybridized carbons (Fsp3) is 0.211. The SMILES string of the molecule is COc1ccc2c(c1)C(=O)/C(=C/c1ccc(OC)c(C)c1)CO2. The van der Waals surface area contributed by atoms with Crippen molar-refractivity contribution >= 4 is 11.9 Å². The van der Waals surface area contributed by atoms with Gasteiger partial charge in [0.25, 0.3) is 0 Å². The monoisotopic (exact) mass is 310 g/mol. The molecule has 0 aliphatic carbocycles. The highest BCUT2D eigenvalue weighted by Gasteiger charge is 2.23. The van der Waals surface area contributed by atoms with Crippen LogP contribution < -0.4 is 14.2 Å². The van der Waals surface area contributed by atoms with Crippen LogP contribution in [0, 0.1) is 6.92 Å². The van der Waals surface area contributed by atoms with Crippen LogP contribution >= 0.6 is 0 Å². The Hall–Kier alpha value is -2.75. The molecule has 0 saturated heterocycles. The number of rotatable bonds is 3. The summed E-state index contributed by atoms with van der Waals surface area (Å²) in [6, 6.07) is 11.1. The van der Waals surface area contributed by atoms with Gasteiger partial charge in [0.05, 0.1) is 19.8 Å². The van der Waals surface area contributed by atoms with Gasteiger partial charge in [-0.05, 0) is 54.5 Å². The average molecular weight is 310 g/mol. The van der Waals surface area contributed by atoms with Crippen LogP contribution in [0.1, 0.15) is 21.5 Å². The van der Waals surface area contributed by atoms with Gasteiger partial charge in [0.15, 0.2) is 5.78 Å². The van der Waals surface area contributed by atoms with Gasteiger partial charge in [0.2, 0.25) is 0 Å². The van der Waals surface area contributed by atoms with Gasteiger partial charge in [-0.15, -0.1) is 0 Å². The van der Waals surface area contributed by atoms with Crippen LogP contribution in [-0.4, -0.2) is 26.6 Å². The van der Waals surface area contributed by atoms with Crippen molar-refractivity contribution < 1.29 is 19.0 Å². The molecule has 2 aromatic rings. The molecule has 0 spiro atoms. The minimum atomic E-state index is -0.0291. The molecule has 1 aliphatic heterocycles. The summed E-state index contributed by atoms with van der Waals surface area (Å²) in [6.07, 6.45) is 1.86. The number of hydrogen-bond acceptors (Lipinski definition) is 4. The third-order valence-corrected chi connectivity index (χ3v) is 3.87. The van der Waals surface area contributed by atoms with Crippen molar-refractivity contribution in [2.45, 2.75) is 6.92 Å². The minimum absolute atomic E-state index is 0.0291. The first-order valence-corrected chi connectivity index (χ1v) is 7.33. The van der Waals surface area contributed by atoms with E-state index in [0.29, 0.717) is 22.6 Å². The molecule has 0 radical (unpaired) electrons. The van der Waals surface area contributed by atoms with Crippen molar-refractivity contribution in [2.75, 3.05) is 20.8 Å². The number of ketones is 1. The first-order valence-electron chi connectivity index (χ1n) is 7.33. The standard InChI is InChI=1S/C19H18O4/c1-12-8-13(4-6-17(12)22-3)9-14-11-23-18-7-5-15(21-2)10-16(18)19(14)20/h4-10H,11H2,1-3H3/b14-9+. The Morgan fingerprint density at radius 3 is 2.61 bits per heavy atom. The van der Waals surface area contributed by atoms with Gasteiger partial charge in [-0.25, -0.2) is 0 Å². The van der Waals surface area contributed by atoms with Gasteiger partial charge >= 0.3 is 0 Å². The molecule has 0 bridgehead atoms. The molecule has 4 nitrogen and oxygen atoms in total. The molecule has 0 saturated carbocycles. The number of carbonyl (C=O) groups excluding carboxylic acids is 1. The third-order valence-electron chi connectivity index (χ3n) is 3.87. The van der Waals surface area contributed by atoms with E-state index in [1.165, 1.54) is 0 Å². The van der Waals surface area contributed by atoms with Crippen molar-refractivity contribution in [1.82, 2.24) is 0 Å². The van der Waals surface area contributed by atoms with Gasteiger partial charge in [0, 0.05) is 5.57 Å². The maximum absolute atomic E-state index is 12.7. The van der Waals surface area contributed by atoms with Crippen LogP contribution in [0.5, 0.6) is 17.2 Å². The zero-order chi connectivity index (χ0) is 16.4. The molecule has 4 heteroatoms. The number of Topliss-reactive ketones (excluding diaryl/α,β-unsaturated/α-hetero) is 1. The van der Waals surface area contributed by atoms with Crippen molar-refractivity contribution in [3.05, 3.63) is 58.7 Å². The van der Waals surface area contributed by atoms with Crippen molar-refractivity contribution in [3.63, 3.8) is 0 Å². The van der Waals surface area contributed by atoms with Gasteiger partial charge in [-0.1, -0.05) is 6.07 Å². The normalized spacial score (nSPS) is 15.1. The highest BCUT2D eigenvalue weighted by Crippen LogP contribution is 2.31. The zero-order valence-electron chi connectivity index (χ0n) is 13.4. The lowest BCUT2D eigenvalue weighted by Crippen LogP contribution is -2.19. The summed E-state index contributed by atoms with van der Waals surface area (Å²) < 4.78 is 16.1. The number of fused-ring (bicyclic) bond motifs is 1. The molecule has 0 unspecified atom stereocenters. The predicted octanol–water partition coefficient (Wildman–Crippen LogP) is 3.67. The Morgan fingerprint density at radius 1 is 1.09 bits per heavy atom. The Bertz CT molecular complexity index is 790. The van der Waals surface area contributed by atoms with Gasteiger partial charge < -0.3 is 14.2 Å². The fourth-order valence-corrected chi connectivity index (χ4v) is 2.63. The Labute approximate surface area is 135 Å². The lowest BCUT2D eigenvalue weighted by molar-refractivity contribution is 0.100. The van der Waals surface area contributed by atoms with E-state index < -0.39 is 0 Å². The van der Waals surface area contributed by atoms with Crippen molar-refractivity contribution in [1.29, 1.82) is 0 Å². The maximum Gasteiger partial charge on any atom is 0.196 e. The van der Waals surface area contributed by atoms with Crippen molar-refractivity contribution in [3.8, 4) is 17.2 Å². The second-order valence-corrected chi connectivity index (χ2v) is 5.38. The summed E-state index contributed by atoms with van der Waals surface area (Å²) in [7, 11) is 3.22. The van der Waals surface area contributed by atoms with Crippen LogP contribution in [-0.2, 0) is 0 Å². The van der Waals surface area contributed by atoms with E-state index in [1.807, 2.05) is 31.2 Å². The zero-order valence-corrected chi connectivity index (χ0v) is 13.4. The third kappa shape index (κ3) is 2.93. The molecule has 1 heterocycles. The van der Waals surface area contributed by atoms with Gasteiger partial charge in [-0.3, -0.25) is 4.79 Å². The first kappa shape index (κ1) is 15.2. The number of carbonyl (C=O) groups is 1. The highest BCUT2D eigenvalue weighted by molar-refractivity contribution is 6.14. The van der Waals surface area contributed by atoms with Crippen LogP contribution in [0.25, 0.3) is 6.08 Å². The molecule has 3 rings (SSSR count). The number of aryl methyl sites for hydroxylation is 1. The van der Waals surface area contributed by atoms with Crippen LogP contribution in [0.3, 0.4) is 0 Å². The molecule has 23 heavy (non-hydrogen) atoms. The lowest BCUT2D eigenvalue weighted by atomic mass is 9.97. The number of ether oxygens (including phenoxy) is 3. The average Bonchev–Trinajstić information content (AvgIpc) is 2.57. The fourth-order valence-electron chi connectivity index (χ4n) is 2.63. The number of methoxy groups -OCH3 is 2. The van der Waals surface area contributed by atoms with Gasteiger partial charge in [0.1, 0.15) is 23.9 Å². The predicted molar refractivity (Wildman–Crippen MR) is 88.5 cm³/mol. The number of hydrogen-bond donors (Lipinski definition) is 0. The summed E-state index contributed by atoms with van der Waals surface area (Å²) >= 11 is 0. The molecule has 0 N–H and O–H groups in total. The van der Waals surface area contributed by atoms with Crippen LogP contribution in [0.2, 0.25) is 0 Å². The van der Waals surface area contributed by atoms with E-state index in [2.05, 4.69) is 0 Å². The van der Waals surface area contributed by atoms with E-state index in [9.17, 15) is 4.79 Å². The Morgan fingerprint density at radius 2 is 1.91 bits per heavy atom. The molecule has 1 aliphatic rings. The molecular weight excluding hydrogens is 292 g/mol. The summed E-state index contributed by atoms with van der Waals surface area (Å²) in [5, 5.41) is 0. The van der Waals surface area contributed by atoms with Crippen LogP contribution in [0.15, 0.2) is 42.0 Å². The molecule has 118 valence electrons. The van der Waals surface area contributed by atoms with E-state index >= 15 is 0 Å². The Balaban J connectivity index is 1.95. The molecule has 0 aromatic heterocycles. The summed E-state index contributed by atoms with van der Waals surface area (Å²) in [4.78, 5) is 12.7. The molecule has 0 atom stereocenters. The molecular formula is C19H18O4. The minimum Gasteiger partial charge on any atom is -0.497 e. The summed E-state index contributed by atoms with van der Waals surface area (Å²) in [5.74, 6) is 2.04.